The monoisotopic (exact) mass is 343 g/mol. The molecule has 1 heterocycles. The van der Waals surface area contributed by atoms with Crippen LogP contribution in [0.15, 0.2) is 23.1 Å². The molecule has 0 aliphatic carbocycles. The van der Waals surface area contributed by atoms with Crippen molar-refractivity contribution in [1.82, 2.24) is 5.32 Å². The number of carbonyl (C=O) groups excluding carboxylic acids is 1. The van der Waals surface area contributed by atoms with Crippen molar-refractivity contribution in [3.63, 3.8) is 0 Å². The fourth-order valence-corrected chi connectivity index (χ4v) is 3.45. The van der Waals surface area contributed by atoms with Crippen LogP contribution >= 0.6 is 0 Å². The molecule has 1 aliphatic heterocycles. The van der Waals surface area contributed by atoms with E-state index in [4.69, 9.17) is 14.2 Å². The molecule has 7 nitrogen and oxygen atoms in total. The first-order chi connectivity index (χ1) is 10.9. The third-order valence-corrected chi connectivity index (χ3v) is 5.01. The molecule has 128 valence electrons. The summed E-state index contributed by atoms with van der Waals surface area (Å²) in [5.41, 5.74) is 0. The molecule has 0 fully saturated rings. The number of hydrogen-bond acceptors (Lipinski definition) is 6. The van der Waals surface area contributed by atoms with Gasteiger partial charge in [-0.25, -0.2) is 8.42 Å². The van der Waals surface area contributed by atoms with Gasteiger partial charge >= 0.3 is 0 Å². The molecule has 0 bridgehead atoms. The Morgan fingerprint density at radius 3 is 2.70 bits per heavy atom. The Balaban J connectivity index is 1.97. The van der Waals surface area contributed by atoms with Gasteiger partial charge < -0.3 is 19.5 Å². The molecule has 23 heavy (non-hydrogen) atoms. The Hall–Kier alpha value is -1.80. The Bertz CT molecular complexity index is 658. The van der Waals surface area contributed by atoms with Gasteiger partial charge in [-0.15, -0.1) is 0 Å². The Morgan fingerprint density at radius 1 is 1.30 bits per heavy atom. The number of amides is 1. The van der Waals surface area contributed by atoms with Crippen LogP contribution in [0.25, 0.3) is 0 Å². The third kappa shape index (κ3) is 4.84. The largest absolute Gasteiger partial charge is 0.486 e. The van der Waals surface area contributed by atoms with Gasteiger partial charge in [0, 0.05) is 25.6 Å². The normalized spacial score (nSPS) is 15.0. The van der Waals surface area contributed by atoms with E-state index in [-0.39, 0.29) is 29.0 Å². The van der Waals surface area contributed by atoms with Crippen molar-refractivity contribution < 1.29 is 27.4 Å². The maximum Gasteiger partial charge on any atom is 0.221 e. The molecule has 1 N–H and O–H groups in total. The summed E-state index contributed by atoms with van der Waals surface area (Å²) in [7, 11) is -2.03. The molecule has 0 spiro atoms. The first kappa shape index (κ1) is 17.6. The number of fused-ring (bicyclic) bond motifs is 1. The second-order valence-corrected chi connectivity index (χ2v) is 7.41. The molecule has 0 aromatic heterocycles. The van der Waals surface area contributed by atoms with Crippen molar-refractivity contribution in [1.29, 1.82) is 0 Å². The molecule has 0 saturated heterocycles. The number of benzene rings is 1. The molecule has 1 atom stereocenters. The quantitative estimate of drug-likeness (QED) is 0.786. The van der Waals surface area contributed by atoms with Crippen LogP contribution in [0.3, 0.4) is 0 Å². The number of methoxy groups -OCH3 is 1. The predicted molar refractivity (Wildman–Crippen MR) is 83.6 cm³/mol. The Labute approximate surface area is 135 Å². The van der Waals surface area contributed by atoms with Crippen molar-refractivity contribution >= 4 is 15.7 Å². The van der Waals surface area contributed by atoms with E-state index >= 15 is 0 Å². The highest BCUT2D eigenvalue weighted by molar-refractivity contribution is 7.91. The average Bonchev–Trinajstić information content (AvgIpc) is 2.53. The minimum absolute atomic E-state index is 0.106. The summed E-state index contributed by atoms with van der Waals surface area (Å²) in [5.74, 6) is 0.352. The molecule has 0 radical (unpaired) electrons. The molecule has 2 rings (SSSR count). The summed E-state index contributed by atoms with van der Waals surface area (Å²) in [6, 6.07) is 4.32. The highest BCUT2D eigenvalue weighted by atomic mass is 32.2. The van der Waals surface area contributed by atoms with Gasteiger partial charge in [0.15, 0.2) is 21.3 Å². The molecular formula is C15H21NO6S. The van der Waals surface area contributed by atoms with E-state index in [0.29, 0.717) is 31.3 Å². The second-order valence-electron chi connectivity index (χ2n) is 5.30. The number of rotatable bonds is 7. The van der Waals surface area contributed by atoms with Crippen molar-refractivity contribution in [3.05, 3.63) is 18.2 Å². The average molecular weight is 343 g/mol. The smallest absolute Gasteiger partial charge is 0.221 e. The highest BCUT2D eigenvalue weighted by Crippen LogP contribution is 2.32. The molecule has 1 aliphatic rings. The lowest BCUT2D eigenvalue weighted by molar-refractivity contribution is -0.121. The fraction of sp³-hybridized carbons (Fsp3) is 0.533. The van der Waals surface area contributed by atoms with Gasteiger partial charge in [-0.2, -0.15) is 0 Å². The van der Waals surface area contributed by atoms with Crippen molar-refractivity contribution in [2.24, 2.45) is 0 Å². The van der Waals surface area contributed by atoms with Crippen LogP contribution in [0.4, 0.5) is 0 Å². The summed E-state index contributed by atoms with van der Waals surface area (Å²) in [6.07, 6.45) is -0.106. The summed E-state index contributed by atoms with van der Waals surface area (Å²) >= 11 is 0. The van der Waals surface area contributed by atoms with E-state index in [9.17, 15) is 13.2 Å². The minimum atomic E-state index is -3.56. The van der Waals surface area contributed by atoms with Crippen LogP contribution < -0.4 is 14.8 Å². The van der Waals surface area contributed by atoms with E-state index in [2.05, 4.69) is 5.32 Å². The van der Waals surface area contributed by atoms with Crippen LogP contribution in [-0.4, -0.2) is 53.1 Å². The number of hydrogen-bond donors (Lipinski definition) is 1. The summed E-state index contributed by atoms with van der Waals surface area (Å²) in [5, 5.41) is 2.68. The minimum Gasteiger partial charge on any atom is -0.486 e. The zero-order valence-corrected chi connectivity index (χ0v) is 14.0. The molecule has 0 unspecified atom stereocenters. The lowest BCUT2D eigenvalue weighted by Crippen LogP contribution is -2.36. The molecule has 0 saturated carbocycles. The van der Waals surface area contributed by atoms with Crippen LogP contribution in [0.5, 0.6) is 11.5 Å². The van der Waals surface area contributed by atoms with Gasteiger partial charge in [0.2, 0.25) is 5.91 Å². The van der Waals surface area contributed by atoms with E-state index < -0.39 is 9.84 Å². The van der Waals surface area contributed by atoms with E-state index in [0.717, 1.165) is 0 Å². The summed E-state index contributed by atoms with van der Waals surface area (Å²) in [4.78, 5) is 11.9. The van der Waals surface area contributed by atoms with Crippen molar-refractivity contribution in [2.75, 3.05) is 32.7 Å². The fourth-order valence-electron chi connectivity index (χ4n) is 2.20. The van der Waals surface area contributed by atoms with Crippen molar-refractivity contribution in [3.8, 4) is 11.5 Å². The first-order valence-electron chi connectivity index (χ1n) is 7.33. The van der Waals surface area contributed by atoms with Crippen LogP contribution in [0, 0.1) is 0 Å². The van der Waals surface area contributed by atoms with Gasteiger partial charge in [-0.1, -0.05) is 0 Å². The lowest BCUT2D eigenvalue weighted by Gasteiger charge is -2.18. The zero-order valence-electron chi connectivity index (χ0n) is 13.2. The molecule has 1 amide bonds. The first-order valence-corrected chi connectivity index (χ1v) is 8.98. The van der Waals surface area contributed by atoms with Crippen molar-refractivity contribution in [2.45, 2.75) is 24.3 Å². The van der Waals surface area contributed by atoms with Gasteiger partial charge in [0.1, 0.15) is 13.2 Å². The van der Waals surface area contributed by atoms with Gasteiger partial charge in [-0.05, 0) is 19.1 Å². The van der Waals surface area contributed by atoms with E-state index in [1.807, 2.05) is 0 Å². The Kier molecular flexibility index (Phi) is 5.84. The lowest BCUT2D eigenvalue weighted by atomic mass is 10.3. The highest BCUT2D eigenvalue weighted by Gasteiger charge is 2.21. The molecular weight excluding hydrogens is 322 g/mol. The molecule has 8 heteroatoms. The standard InChI is InChI=1S/C15H21NO6S/c1-11(10-20-2)16-15(17)5-8-23(18,19)12-3-4-13-14(9-12)22-7-6-21-13/h3-4,9,11H,5-8,10H2,1-2H3,(H,16,17)/t11-/m1/s1. The SMILES string of the molecule is COC[C@@H](C)NC(=O)CCS(=O)(=O)c1ccc2c(c1)OCCO2. The Morgan fingerprint density at radius 2 is 2.00 bits per heavy atom. The summed E-state index contributed by atoms with van der Waals surface area (Å²) < 4.78 is 40.3. The van der Waals surface area contributed by atoms with E-state index in [1.54, 1.807) is 13.0 Å². The topological polar surface area (TPSA) is 90.9 Å². The molecule has 1 aromatic rings. The number of nitrogens with one attached hydrogen (secondary N) is 1. The van der Waals surface area contributed by atoms with Gasteiger partial charge in [0.25, 0.3) is 0 Å². The number of sulfone groups is 1. The second kappa shape index (κ2) is 7.65. The summed E-state index contributed by atoms with van der Waals surface area (Å²) in [6.45, 7) is 2.99. The van der Waals surface area contributed by atoms with E-state index in [1.165, 1.54) is 19.2 Å². The van der Waals surface area contributed by atoms with Crippen LogP contribution in [0.1, 0.15) is 13.3 Å². The maximum atomic E-state index is 12.3. The zero-order chi connectivity index (χ0) is 16.9. The number of ether oxygens (including phenoxy) is 3. The van der Waals surface area contributed by atoms with Gasteiger partial charge in [0.05, 0.1) is 17.3 Å². The van der Waals surface area contributed by atoms with Crippen LogP contribution in [-0.2, 0) is 19.4 Å². The van der Waals surface area contributed by atoms with Crippen LogP contribution in [0.2, 0.25) is 0 Å². The third-order valence-electron chi connectivity index (χ3n) is 3.29. The number of carbonyl (C=O) groups is 1. The maximum absolute atomic E-state index is 12.3. The predicted octanol–water partition coefficient (Wildman–Crippen LogP) is 0.773. The van der Waals surface area contributed by atoms with Gasteiger partial charge in [-0.3, -0.25) is 4.79 Å². The molecule has 1 aromatic carbocycles.